The first kappa shape index (κ1) is 20.0. The van der Waals surface area contributed by atoms with E-state index in [-0.39, 0.29) is 18.9 Å². The number of amides is 1. The fraction of sp³-hybridized carbons (Fsp3) is 0.333. The number of aryl methyl sites for hydroxylation is 1. The molecule has 1 heterocycles. The molecule has 0 aliphatic rings. The number of oxazole rings is 1. The lowest BCUT2D eigenvalue weighted by molar-refractivity contribution is -0.121. The number of anilines is 1. The van der Waals surface area contributed by atoms with Gasteiger partial charge in [-0.05, 0) is 37.6 Å². The van der Waals surface area contributed by atoms with E-state index < -0.39 is 5.76 Å². The normalized spacial score (nSPS) is 10.9. The zero-order valence-corrected chi connectivity index (χ0v) is 16.6. The van der Waals surface area contributed by atoms with E-state index in [0.29, 0.717) is 22.7 Å². The topological polar surface area (TPSA) is 67.5 Å². The fourth-order valence-corrected chi connectivity index (χ4v) is 3.32. The van der Waals surface area contributed by atoms with Gasteiger partial charge >= 0.3 is 5.76 Å². The number of hydrogen-bond acceptors (Lipinski definition) is 4. The van der Waals surface area contributed by atoms with Gasteiger partial charge in [0.2, 0.25) is 5.91 Å². The average molecular weight is 402 g/mol. The maximum Gasteiger partial charge on any atom is 0.419 e. The Labute approximate surface area is 168 Å². The number of carbonyl (C=O) groups is 1. The van der Waals surface area contributed by atoms with E-state index in [2.05, 4.69) is 29.3 Å². The van der Waals surface area contributed by atoms with Gasteiger partial charge in [0.15, 0.2) is 5.58 Å². The van der Waals surface area contributed by atoms with Crippen LogP contribution in [0.2, 0.25) is 5.02 Å². The summed E-state index contributed by atoms with van der Waals surface area (Å²) in [6.45, 7) is 4.76. The Morgan fingerprint density at radius 1 is 1.21 bits per heavy atom. The molecule has 0 unspecified atom stereocenters. The van der Waals surface area contributed by atoms with Crippen molar-refractivity contribution >= 4 is 34.3 Å². The lowest BCUT2D eigenvalue weighted by atomic mass is 10.2. The summed E-state index contributed by atoms with van der Waals surface area (Å²) in [5.74, 6) is -0.565. The van der Waals surface area contributed by atoms with Crippen LogP contribution in [0.5, 0.6) is 0 Å². The fourth-order valence-electron chi connectivity index (χ4n) is 3.16. The van der Waals surface area contributed by atoms with Crippen LogP contribution in [0, 0.1) is 0 Å². The molecule has 1 amide bonds. The summed E-state index contributed by atoms with van der Waals surface area (Å²) >= 11 is 5.91. The van der Waals surface area contributed by atoms with Gasteiger partial charge in [0.05, 0.1) is 5.52 Å². The van der Waals surface area contributed by atoms with E-state index in [0.717, 1.165) is 19.5 Å². The zero-order chi connectivity index (χ0) is 19.9. The molecule has 0 aliphatic carbocycles. The molecular weight excluding hydrogens is 378 g/mol. The summed E-state index contributed by atoms with van der Waals surface area (Å²) in [6, 6.07) is 15.2. The number of rotatable bonds is 9. The van der Waals surface area contributed by atoms with Gasteiger partial charge in [-0.25, -0.2) is 4.79 Å². The molecule has 0 spiro atoms. The van der Waals surface area contributed by atoms with Crippen LogP contribution in [0.4, 0.5) is 5.69 Å². The Balaban J connectivity index is 1.45. The standard InChI is InChI=1S/C21H24ClN3O3/c1-2-24(17-7-4-3-5-8-17)13-6-12-23-20(26)11-14-25-18-10-9-16(22)15-19(18)28-21(25)27/h3-5,7-10,15H,2,6,11-14H2,1H3,(H,23,26). The summed E-state index contributed by atoms with van der Waals surface area (Å²) < 4.78 is 6.63. The number of nitrogens with one attached hydrogen (secondary N) is 1. The second kappa shape index (κ2) is 9.46. The maximum atomic E-state index is 12.1. The van der Waals surface area contributed by atoms with Crippen molar-refractivity contribution in [2.24, 2.45) is 0 Å². The van der Waals surface area contributed by atoms with Gasteiger partial charge in [0.25, 0.3) is 0 Å². The Bertz CT molecular complexity index is 981. The van der Waals surface area contributed by atoms with Crippen LogP contribution in [0.15, 0.2) is 57.7 Å². The molecule has 3 rings (SSSR count). The van der Waals surface area contributed by atoms with Crippen LogP contribution in [-0.2, 0) is 11.3 Å². The van der Waals surface area contributed by atoms with Crippen molar-refractivity contribution in [3.8, 4) is 0 Å². The molecule has 0 atom stereocenters. The summed E-state index contributed by atoms with van der Waals surface area (Å²) in [7, 11) is 0. The smallest absolute Gasteiger partial charge is 0.408 e. The van der Waals surface area contributed by atoms with Crippen molar-refractivity contribution < 1.29 is 9.21 Å². The SMILES string of the molecule is CCN(CCCNC(=O)CCn1c(=O)oc2cc(Cl)ccc21)c1ccccc1. The molecule has 0 saturated carbocycles. The number of carbonyl (C=O) groups excluding carboxylic acids is 1. The Morgan fingerprint density at radius 2 is 2.00 bits per heavy atom. The molecule has 7 heteroatoms. The van der Waals surface area contributed by atoms with Gasteiger partial charge in [0.1, 0.15) is 0 Å². The third-order valence-electron chi connectivity index (χ3n) is 4.62. The number of aromatic nitrogens is 1. The van der Waals surface area contributed by atoms with Crippen molar-refractivity contribution in [1.29, 1.82) is 0 Å². The summed E-state index contributed by atoms with van der Waals surface area (Å²) in [4.78, 5) is 26.4. The van der Waals surface area contributed by atoms with Gasteiger partial charge in [0, 0.05) is 49.4 Å². The molecule has 28 heavy (non-hydrogen) atoms. The van der Waals surface area contributed by atoms with Crippen molar-refractivity contribution in [2.75, 3.05) is 24.5 Å². The summed E-state index contributed by atoms with van der Waals surface area (Å²) in [5.41, 5.74) is 2.25. The molecular formula is C21H24ClN3O3. The minimum absolute atomic E-state index is 0.0852. The Hall–Kier alpha value is -2.73. The van der Waals surface area contributed by atoms with E-state index >= 15 is 0 Å². The number of hydrogen-bond donors (Lipinski definition) is 1. The largest absolute Gasteiger partial charge is 0.419 e. The van der Waals surface area contributed by atoms with Gasteiger partial charge in [-0.15, -0.1) is 0 Å². The van der Waals surface area contributed by atoms with Crippen molar-refractivity contribution in [3.63, 3.8) is 0 Å². The molecule has 2 aromatic carbocycles. The number of nitrogens with zero attached hydrogens (tertiary/aromatic N) is 2. The van der Waals surface area contributed by atoms with E-state index in [4.69, 9.17) is 16.0 Å². The number of para-hydroxylation sites is 1. The summed E-state index contributed by atoms with van der Waals surface area (Å²) in [5, 5.41) is 3.42. The lowest BCUT2D eigenvalue weighted by Crippen LogP contribution is -2.30. The highest BCUT2D eigenvalue weighted by Gasteiger charge is 2.11. The third-order valence-corrected chi connectivity index (χ3v) is 4.86. The molecule has 0 fully saturated rings. The maximum absolute atomic E-state index is 12.1. The first-order valence-corrected chi connectivity index (χ1v) is 9.82. The monoisotopic (exact) mass is 401 g/mol. The van der Waals surface area contributed by atoms with E-state index in [1.807, 2.05) is 18.2 Å². The number of benzene rings is 2. The molecule has 148 valence electrons. The van der Waals surface area contributed by atoms with Crippen LogP contribution in [0.25, 0.3) is 11.1 Å². The Morgan fingerprint density at radius 3 is 2.75 bits per heavy atom. The second-order valence-corrected chi connectivity index (χ2v) is 6.94. The van der Waals surface area contributed by atoms with E-state index in [9.17, 15) is 9.59 Å². The first-order chi connectivity index (χ1) is 13.6. The molecule has 1 N–H and O–H groups in total. The van der Waals surface area contributed by atoms with Gasteiger partial charge in [-0.3, -0.25) is 9.36 Å². The number of halogens is 1. The van der Waals surface area contributed by atoms with Gasteiger partial charge in [-0.1, -0.05) is 29.8 Å². The van der Waals surface area contributed by atoms with Crippen LogP contribution in [0.3, 0.4) is 0 Å². The van der Waals surface area contributed by atoms with Crippen molar-refractivity contribution in [3.05, 3.63) is 64.1 Å². The highest BCUT2D eigenvalue weighted by Crippen LogP contribution is 2.18. The highest BCUT2D eigenvalue weighted by atomic mass is 35.5. The van der Waals surface area contributed by atoms with Crippen LogP contribution >= 0.6 is 11.6 Å². The zero-order valence-electron chi connectivity index (χ0n) is 15.9. The van der Waals surface area contributed by atoms with Crippen molar-refractivity contribution in [2.45, 2.75) is 26.3 Å². The first-order valence-electron chi connectivity index (χ1n) is 9.44. The minimum atomic E-state index is -0.480. The Kier molecular flexibility index (Phi) is 6.76. The quantitative estimate of drug-likeness (QED) is 0.555. The molecule has 6 nitrogen and oxygen atoms in total. The van der Waals surface area contributed by atoms with E-state index in [1.165, 1.54) is 10.3 Å². The number of fused-ring (bicyclic) bond motifs is 1. The average Bonchev–Trinajstić information content (AvgIpc) is 3.01. The van der Waals surface area contributed by atoms with Crippen LogP contribution in [0.1, 0.15) is 19.8 Å². The second-order valence-electron chi connectivity index (χ2n) is 6.50. The highest BCUT2D eigenvalue weighted by molar-refractivity contribution is 6.31. The molecule has 0 aliphatic heterocycles. The molecule has 1 aromatic heterocycles. The molecule has 3 aromatic rings. The predicted octanol–water partition coefficient (Wildman–Crippen LogP) is 3.67. The van der Waals surface area contributed by atoms with Crippen LogP contribution in [-0.4, -0.2) is 30.1 Å². The molecule has 0 bridgehead atoms. The molecule has 0 saturated heterocycles. The minimum Gasteiger partial charge on any atom is -0.408 e. The van der Waals surface area contributed by atoms with Gasteiger partial charge < -0.3 is 14.6 Å². The summed E-state index contributed by atoms with van der Waals surface area (Å²) in [6.07, 6.45) is 1.06. The van der Waals surface area contributed by atoms with Crippen molar-refractivity contribution in [1.82, 2.24) is 9.88 Å². The predicted molar refractivity (Wildman–Crippen MR) is 112 cm³/mol. The van der Waals surface area contributed by atoms with E-state index in [1.54, 1.807) is 18.2 Å². The molecule has 0 radical (unpaired) electrons. The van der Waals surface area contributed by atoms with Crippen LogP contribution < -0.4 is 16.0 Å². The third kappa shape index (κ3) is 4.95. The van der Waals surface area contributed by atoms with Gasteiger partial charge in [-0.2, -0.15) is 0 Å². The lowest BCUT2D eigenvalue weighted by Gasteiger charge is -2.23.